The summed E-state index contributed by atoms with van der Waals surface area (Å²) in [5, 5.41) is 12.7. The minimum absolute atomic E-state index is 0.236. The molecule has 0 saturated heterocycles. The van der Waals surface area contributed by atoms with Crippen molar-refractivity contribution < 1.29 is 19.5 Å². The Bertz CT molecular complexity index is 620. The van der Waals surface area contributed by atoms with Gasteiger partial charge in [-0.25, -0.2) is 9.69 Å². The van der Waals surface area contributed by atoms with E-state index in [1.54, 1.807) is 18.2 Å². The number of para-hydroxylation sites is 1. The van der Waals surface area contributed by atoms with Crippen molar-refractivity contribution >= 4 is 40.9 Å². The van der Waals surface area contributed by atoms with E-state index in [2.05, 4.69) is 15.1 Å². The van der Waals surface area contributed by atoms with Gasteiger partial charge >= 0.3 is 6.09 Å². The van der Waals surface area contributed by atoms with Crippen LogP contribution in [0.25, 0.3) is 0 Å². The summed E-state index contributed by atoms with van der Waals surface area (Å²) in [4.78, 5) is 31.4. The Morgan fingerprint density at radius 1 is 1.39 bits per heavy atom. The van der Waals surface area contributed by atoms with Crippen LogP contribution < -0.4 is 5.32 Å². The molecule has 0 aliphatic carbocycles. The van der Waals surface area contributed by atoms with Gasteiger partial charge in [0, 0.05) is 0 Å². The second-order valence-electron chi connectivity index (χ2n) is 4.25. The van der Waals surface area contributed by atoms with E-state index in [4.69, 9.17) is 27.9 Å². The minimum atomic E-state index is -0.961. The van der Waals surface area contributed by atoms with Gasteiger partial charge < -0.3 is 14.9 Å². The van der Waals surface area contributed by atoms with Crippen LogP contribution >= 0.6 is 23.2 Å². The number of carbonyl (C=O) groups excluding carboxylic acids is 1. The van der Waals surface area contributed by atoms with Crippen LogP contribution in [0, 0.1) is 10.1 Å². The van der Waals surface area contributed by atoms with Gasteiger partial charge in [0.1, 0.15) is 13.2 Å². The molecule has 1 heterocycles. The maximum Gasteiger partial charge on any atom is 0.416 e. The number of hydrogen-bond donors (Lipinski definition) is 1. The molecule has 0 bridgehead atoms. The molecule has 1 N–H and O–H groups in total. The second kappa shape index (κ2) is 7.84. The lowest BCUT2D eigenvalue weighted by Crippen LogP contribution is -2.39. The van der Waals surface area contributed by atoms with Crippen LogP contribution in [0.3, 0.4) is 0 Å². The fraction of sp³-hybridized carbons (Fsp3) is 0.333. The third-order valence-corrected chi connectivity index (χ3v) is 3.40. The quantitative estimate of drug-likeness (QED) is 0.489. The summed E-state index contributed by atoms with van der Waals surface area (Å²) >= 11 is 12.1. The number of rotatable bonds is 5. The van der Waals surface area contributed by atoms with Gasteiger partial charge in [-0.3, -0.25) is 4.99 Å². The van der Waals surface area contributed by atoms with Gasteiger partial charge in [0.05, 0.1) is 28.8 Å². The molecule has 9 nitrogen and oxygen atoms in total. The molecular weight excluding hydrogens is 351 g/mol. The Balaban J connectivity index is 1.95. The van der Waals surface area contributed by atoms with Crippen molar-refractivity contribution in [3.63, 3.8) is 0 Å². The fourth-order valence-electron chi connectivity index (χ4n) is 1.78. The summed E-state index contributed by atoms with van der Waals surface area (Å²) in [6.45, 7) is 0.0868. The fourth-order valence-corrected chi connectivity index (χ4v) is 2.27. The van der Waals surface area contributed by atoms with Gasteiger partial charge in [-0.05, 0) is 12.1 Å². The van der Waals surface area contributed by atoms with Crippen LogP contribution in [-0.4, -0.2) is 48.3 Å². The lowest BCUT2D eigenvalue weighted by molar-refractivity contribution is -0.757. The first-order chi connectivity index (χ1) is 11.0. The Kier molecular flexibility index (Phi) is 5.83. The number of benzene rings is 1. The van der Waals surface area contributed by atoms with Crippen molar-refractivity contribution in [2.75, 3.05) is 31.6 Å². The molecule has 11 heteroatoms. The lowest BCUT2D eigenvalue weighted by atomic mass is 10.3. The molecule has 124 valence electrons. The Hall–Kier alpha value is -2.26. The van der Waals surface area contributed by atoms with Crippen LogP contribution in [-0.2, 0) is 9.57 Å². The molecule has 0 spiro atoms. The van der Waals surface area contributed by atoms with Crippen molar-refractivity contribution in [2.24, 2.45) is 4.99 Å². The smallest absolute Gasteiger partial charge is 0.416 e. The van der Waals surface area contributed by atoms with Gasteiger partial charge in [-0.1, -0.05) is 29.3 Å². The first kappa shape index (κ1) is 17.1. The first-order valence-electron chi connectivity index (χ1n) is 6.46. The number of carbonyl (C=O) groups is 1. The molecule has 1 aromatic rings. The van der Waals surface area contributed by atoms with Gasteiger partial charge in [-0.15, -0.1) is 10.1 Å². The molecule has 1 aliphatic rings. The number of hydrogen-bond acceptors (Lipinski definition) is 7. The Morgan fingerprint density at radius 3 is 2.74 bits per heavy atom. The van der Waals surface area contributed by atoms with Gasteiger partial charge in [0.15, 0.2) is 0 Å². The number of amides is 1. The van der Waals surface area contributed by atoms with Crippen LogP contribution in [0.5, 0.6) is 0 Å². The first-order valence-corrected chi connectivity index (χ1v) is 7.21. The van der Waals surface area contributed by atoms with Crippen molar-refractivity contribution in [3.8, 4) is 0 Å². The molecule has 23 heavy (non-hydrogen) atoms. The number of halogens is 2. The van der Waals surface area contributed by atoms with E-state index in [1.807, 2.05) is 0 Å². The SMILES string of the molecule is O=C(OCCO[N+](=O)[O-])N1CCN=C1Nc1c(Cl)cccc1Cl. The molecule has 1 aromatic carbocycles. The van der Waals surface area contributed by atoms with Crippen molar-refractivity contribution in [1.82, 2.24) is 4.90 Å². The molecular formula is C12H12Cl2N4O5. The zero-order chi connectivity index (χ0) is 16.8. The summed E-state index contributed by atoms with van der Waals surface area (Å²) in [5.74, 6) is 0.236. The molecule has 2 rings (SSSR count). The predicted octanol–water partition coefficient (Wildman–Crippen LogP) is 2.42. The molecule has 0 saturated carbocycles. The van der Waals surface area contributed by atoms with E-state index >= 15 is 0 Å². The molecule has 0 radical (unpaired) electrons. The third kappa shape index (κ3) is 4.60. The highest BCUT2D eigenvalue weighted by molar-refractivity contribution is 6.39. The molecule has 0 unspecified atom stereocenters. The van der Waals surface area contributed by atoms with Crippen molar-refractivity contribution in [2.45, 2.75) is 0 Å². The van der Waals surface area contributed by atoms with E-state index in [9.17, 15) is 14.9 Å². The summed E-state index contributed by atoms with van der Waals surface area (Å²) in [7, 11) is 0. The van der Waals surface area contributed by atoms with E-state index < -0.39 is 11.2 Å². The van der Waals surface area contributed by atoms with E-state index in [-0.39, 0.29) is 19.2 Å². The second-order valence-corrected chi connectivity index (χ2v) is 5.06. The molecule has 1 amide bonds. The van der Waals surface area contributed by atoms with Crippen LogP contribution in [0.2, 0.25) is 10.0 Å². The number of guanidine groups is 1. The predicted molar refractivity (Wildman–Crippen MR) is 83.4 cm³/mol. The maximum absolute atomic E-state index is 12.0. The number of nitrogens with one attached hydrogen (secondary N) is 1. The summed E-state index contributed by atoms with van der Waals surface area (Å²) < 4.78 is 4.88. The topological polar surface area (TPSA) is 106 Å². The number of aliphatic imine (C=N–C) groups is 1. The van der Waals surface area contributed by atoms with Crippen LogP contribution in [0.4, 0.5) is 10.5 Å². The summed E-state index contributed by atoms with van der Waals surface area (Å²) in [5.41, 5.74) is 0.422. The minimum Gasteiger partial charge on any atom is -0.447 e. The molecule has 0 aromatic heterocycles. The lowest BCUT2D eigenvalue weighted by Gasteiger charge is -2.19. The van der Waals surface area contributed by atoms with Gasteiger partial charge in [-0.2, -0.15) is 0 Å². The summed E-state index contributed by atoms with van der Waals surface area (Å²) in [6.07, 6.45) is -0.705. The average Bonchev–Trinajstić information content (AvgIpc) is 2.95. The molecule has 0 atom stereocenters. The van der Waals surface area contributed by atoms with E-state index in [0.29, 0.717) is 28.8 Å². The normalized spacial score (nSPS) is 13.5. The average molecular weight is 363 g/mol. The largest absolute Gasteiger partial charge is 0.447 e. The molecule has 1 aliphatic heterocycles. The highest BCUT2D eigenvalue weighted by atomic mass is 35.5. The van der Waals surface area contributed by atoms with Gasteiger partial charge in [0.2, 0.25) is 5.96 Å². The number of ether oxygens (including phenoxy) is 1. The maximum atomic E-state index is 12.0. The van der Waals surface area contributed by atoms with Crippen molar-refractivity contribution in [1.29, 1.82) is 0 Å². The number of nitrogens with zero attached hydrogens (tertiary/aromatic N) is 3. The zero-order valence-corrected chi connectivity index (χ0v) is 13.2. The highest BCUT2D eigenvalue weighted by Gasteiger charge is 2.26. The van der Waals surface area contributed by atoms with E-state index in [1.165, 1.54) is 4.90 Å². The third-order valence-electron chi connectivity index (χ3n) is 2.77. The molecule has 0 fully saturated rings. The standard InChI is InChI=1S/C12H12Cl2N4O5/c13-8-2-1-3-9(14)10(8)16-11-15-4-5-17(11)12(19)22-6-7-23-18(20)21/h1-3H,4-7H2,(H,15,16). The van der Waals surface area contributed by atoms with Gasteiger partial charge in [0.25, 0.3) is 5.09 Å². The van der Waals surface area contributed by atoms with E-state index in [0.717, 1.165) is 0 Å². The van der Waals surface area contributed by atoms with Crippen molar-refractivity contribution in [3.05, 3.63) is 38.4 Å². The van der Waals surface area contributed by atoms with Crippen LogP contribution in [0.1, 0.15) is 0 Å². The van der Waals surface area contributed by atoms with Crippen LogP contribution in [0.15, 0.2) is 23.2 Å². The highest BCUT2D eigenvalue weighted by Crippen LogP contribution is 2.30. The zero-order valence-electron chi connectivity index (χ0n) is 11.7. The Labute approximate surface area is 140 Å². The monoisotopic (exact) mass is 362 g/mol. The summed E-state index contributed by atoms with van der Waals surface area (Å²) in [6, 6.07) is 4.97. The Morgan fingerprint density at radius 2 is 2.09 bits per heavy atom. The number of anilines is 1.